The Morgan fingerprint density at radius 1 is 0.897 bits per heavy atom. The Bertz CT molecular complexity index is 1160. The van der Waals surface area contributed by atoms with Crippen molar-refractivity contribution in [2.24, 2.45) is 0 Å². The minimum absolute atomic E-state index is 0.109. The summed E-state index contributed by atoms with van der Waals surface area (Å²) in [5.41, 5.74) is 2.27. The molecule has 0 aliphatic carbocycles. The Kier molecular flexibility index (Phi) is 5.12. The molecular weight excluding hydrogens is 366 g/mol. The van der Waals surface area contributed by atoms with E-state index in [-0.39, 0.29) is 23.9 Å². The van der Waals surface area contributed by atoms with Crippen LogP contribution in [0, 0.1) is 0 Å². The van der Waals surface area contributed by atoms with Crippen LogP contribution in [0.3, 0.4) is 0 Å². The molecule has 1 N–H and O–H groups in total. The number of fused-ring (bicyclic) bond motifs is 1. The molecule has 0 aliphatic rings. The maximum atomic E-state index is 13.1. The van der Waals surface area contributed by atoms with Gasteiger partial charge in [-0.1, -0.05) is 42.5 Å². The van der Waals surface area contributed by atoms with Crippen molar-refractivity contribution in [2.75, 3.05) is 12.4 Å². The fourth-order valence-electron chi connectivity index (χ4n) is 3.17. The molecule has 0 saturated carbocycles. The van der Waals surface area contributed by atoms with Gasteiger partial charge in [0.15, 0.2) is 5.76 Å². The number of methoxy groups -OCH3 is 1. The highest BCUT2D eigenvalue weighted by Gasteiger charge is 2.23. The maximum Gasteiger partial charge on any atom is 0.230 e. The van der Waals surface area contributed by atoms with Gasteiger partial charge in [-0.15, -0.1) is 0 Å². The summed E-state index contributed by atoms with van der Waals surface area (Å²) in [7, 11) is 1.57. The third kappa shape index (κ3) is 3.89. The second kappa shape index (κ2) is 8.02. The van der Waals surface area contributed by atoms with E-state index in [1.54, 1.807) is 37.4 Å². The zero-order valence-corrected chi connectivity index (χ0v) is 15.8. The van der Waals surface area contributed by atoms with E-state index in [0.29, 0.717) is 28.0 Å². The number of benzene rings is 3. The number of amides is 1. The summed E-state index contributed by atoms with van der Waals surface area (Å²) < 4.78 is 11.0. The maximum absolute atomic E-state index is 13.1. The smallest absolute Gasteiger partial charge is 0.230 e. The van der Waals surface area contributed by atoms with E-state index < -0.39 is 0 Å². The topological polar surface area (TPSA) is 68.5 Å². The molecule has 3 aromatic carbocycles. The molecule has 1 aromatic heterocycles. The van der Waals surface area contributed by atoms with Gasteiger partial charge in [0, 0.05) is 10.9 Å². The van der Waals surface area contributed by atoms with E-state index in [1.807, 2.05) is 48.5 Å². The van der Waals surface area contributed by atoms with Crippen LogP contribution in [0.25, 0.3) is 11.0 Å². The summed E-state index contributed by atoms with van der Waals surface area (Å²) in [4.78, 5) is 25.7. The fraction of sp³-hybridized carbons (Fsp3) is 0.0833. The van der Waals surface area contributed by atoms with E-state index in [2.05, 4.69) is 5.32 Å². The molecular formula is C24H19NO4. The second-order valence-corrected chi connectivity index (χ2v) is 6.57. The molecule has 0 radical (unpaired) electrons. The highest BCUT2D eigenvalue weighted by atomic mass is 16.5. The summed E-state index contributed by atoms with van der Waals surface area (Å²) in [6.45, 7) is 0. The molecule has 0 fully saturated rings. The number of ether oxygens (including phenoxy) is 1. The van der Waals surface area contributed by atoms with Crippen molar-refractivity contribution in [3.63, 3.8) is 0 Å². The quantitative estimate of drug-likeness (QED) is 0.482. The molecule has 0 aliphatic heterocycles. The number of carbonyl (C=O) groups is 2. The van der Waals surface area contributed by atoms with Crippen LogP contribution in [0.4, 0.5) is 5.69 Å². The van der Waals surface area contributed by atoms with Crippen molar-refractivity contribution >= 4 is 28.3 Å². The number of ketones is 1. The van der Waals surface area contributed by atoms with Crippen molar-refractivity contribution < 1.29 is 18.7 Å². The van der Waals surface area contributed by atoms with E-state index in [1.165, 1.54) is 0 Å². The SMILES string of the molecule is COc1ccc(C(=O)c2oc3ccccc3c2NC(=O)Cc2ccccc2)cc1. The minimum Gasteiger partial charge on any atom is -0.497 e. The van der Waals surface area contributed by atoms with Crippen molar-refractivity contribution in [1.82, 2.24) is 0 Å². The Hall–Kier alpha value is -3.86. The van der Waals surface area contributed by atoms with Crippen LogP contribution in [-0.4, -0.2) is 18.8 Å². The lowest BCUT2D eigenvalue weighted by Crippen LogP contribution is -2.16. The summed E-state index contributed by atoms with van der Waals surface area (Å²) in [6, 6.07) is 23.5. The van der Waals surface area contributed by atoms with E-state index >= 15 is 0 Å². The molecule has 1 amide bonds. The Balaban J connectivity index is 1.68. The van der Waals surface area contributed by atoms with Crippen LogP contribution < -0.4 is 10.1 Å². The fourth-order valence-corrected chi connectivity index (χ4v) is 3.17. The van der Waals surface area contributed by atoms with Crippen molar-refractivity contribution in [3.8, 4) is 5.75 Å². The molecule has 0 unspecified atom stereocenters. The van der Waals surface area contributed by atoms with Crippen molar-refractivity contribution in [1.29, 1.82) is 0 Å². The van der Waals surface area contributed by atoms with Crippen LogP contribution in [0.1, 0.15) is 21.7 Å². The highest BCUT2D eigenvalue weighted by Crippen LogP contribution is 2.33. The lowest BCUT2D eigenvalue weighted by molar-refractivity contribution is -0.115. The second-order valence-electron chi connectivity index (χ2n) is 6.57. The van der Waals surface area contributed by atoms with Crippen LogP contribution in [0.15, 0.2) is 83.3 Å². The third-order valence-corrected chi connectivity index (χ3v) is 4.63. The lowest BCUT2D eigenvalue weighted by atomic mass is 10.1. The summed E-state index contributed by atoms with van der Waals surface area (Å²) in [5, 5.41) is 3.56. The number of nitrogens with one attached hydrogen (secondary N) is 1. The molecule has 0 saturated heterocycles. The van der Waals surface area contributed by atoms with Crippen molar-refractivity contribution in [2.45, 2.75) is 6.42 Å². The van der Waals surface area contributed by atoms with Crippen LogP contribution in [-0.2, 0) is 11.2 Å². The molecule has 4 rings (SSSR count). The van der Waals surface area contributed by atoms with E-state index in [9.17, 15) is 9.59 Å². The van der Waals surface area contributed by atoms with Gasteiger partial charge in [0.05, 0.1) is 19.2 Å². The Labute approximate surface area is 167 Å². The first kappa shape index (κ1) is 18.5. The molecule has 4 aromatic rings. The normalized spacial score (nSPS) is 10.7. The van der Waals surface area contributed by atoms with Crippen molar-refractivity contribution in [3.05, 3.63) is 95.7 Å². The van der Waals surface area contributed by atoms with Gasteiger partial charge in [-0.25, -0.2) is 0 Å². The first-order valence-electron chi connectivity index (χ1n) is 9.20. The zero-order valence-electron chi connectivity index (χ0n) is 15.8. The monoisotopic (exact) mass is 385 g/mol. The van der Waals surface area contributed by atoms with Gasteiger partial charge in [-0.2, -0.15) is 0 Å². The number of hydrogen-bond donors (Lipinski definition) is 1. The Morgan fingerprint density at radius 3 is 2.31 bits per heavy atom. The average Bonchev–Trinajstić information content (AvgIpc) is 3.12. The van der Waals surface area contributed by atoms with Gasteiger partial charge < -0.3 is 14.5 Å². The lowest BCUT2D eigenvalue weighted by Gasteiger charge is -2.07. The van der Waals surface area contributed by atoms with Gasteiger partial charge in [-0.3, -0.25) is 9.59 Å². The summed E-state index contributed by atoms with van der Waals surface area (Å²) in [5.74, 6) is 0.241. The molecule has 0 atom stereocenters. The predicted molar refractivity (Wildman–Crippen MR) is 111 cm³/mol. The first-order valence-corrected chi connectivity index (χ1v) is 9.20. The third-order valence-electron chi connectivity index (χ3n) is 4.63. The number of para-hydroxylation sites is 1. The highest BCUT2D eigenvalue weighted by molar-refractivity contribution is 6.17. The van der Waals surface area contributed by atoms with Gasteiger partial charge in [0.1, 0.15) is 11.3 Å². The standard InChI is InChI=1S/C24H19NO4/c1-28-18-13-11-17(12-14-18)23(27)24-22(19-9-5-6-10-20(19)29-24)25-21(26)15-16-7-3-2-4-8-16/h2-14H,15H2,1H3,(H,25,26). The van der Waals surface area contributed by atoms with E-state index in [4.69, 9.17) is 9.15 Å². The average molecular weight is 385 g/mol. The van der Waals surface area contributed by atoms with Crippen LogP contribution in [0.2, 0.25) is 0 Å². The van der Waals surface area contributed by atoms with Crippen LogP contribution >= 0.6 is 0 Å². The van der Waals surface area contributed by atoms with Gasteiger partial charge >= 0.3 is 0 Å². The number of hydrogen-bond acceptors (Lipinski definition) is 4. The number of carbonyl (C=O) groups excluding carboxylic acids is 2. The number of furan rings is 1. The molecule has 0 bridgehead atoms. The molecule has 5 nitrogen and oxygen atoms in total. The molecule has 1 heterocycles. The Morgan fingerprint density at radius 2 is 1.59 bits per heavy atom. The largest absolute Gasteiger partial charge is 0.497 e. The zero-order chi connectivity index (χ0) is 20.2. The van der Waals surface area contributed by atoms with Crippen LogP contribution in [0.5, 0.6) is 5.75 Å². The molecule has 144 valence electrons. The van der Waals surface area contributed by atoms with E-state index in [0.717, 1.165) is 5.56 Å². The first-order chi connectivity index (χ1) is 14.2. The van der Waals surface area contributed by atoms with Gasteiger partial charge in [0.25, 0.3) is 0 Å². The number of anilines is 1. The summed E-state index contributed by atoms with van der Waals surface area (Å²) >= 11 is 0. The molecule has 29 heavy (non-hydrogen) atoms. The molecule has 5 heteroatoms. The van der Waals surface area contributed by atoms with Gasteiger partial charge in [0.2, 0.25) is 11.7 Å². The minimum atomic E-state index is -0.307. The molecule has 0 spiro atoms. The summed E-state index contributed by atoms with van der Waals surface area (Å²) in [6.07, 6.45) is 0.205. The predicted octanol–water partition coefficient (Wildman–Crippen LogP) is 4.85. The number of rotatable bonds is 6. The van der Waals surface area contributed by atoms with Gasteiger partial charge in [-0.05, 0) is 42.0 Å².